The molecule has 0 spiro atoms. The van der Waals surface area contributed by atoms with E-state index in [2.05, 4.69) is 17.6 Å². The number of ether oxygens (including phenoxy) is 1. The van der Waals surface area contributed by atoms with Crippen molar-refractivity contribution in [3.63, 3.8) is 0 Å². The van der Waals surface area contributed by atoms with E-state index < -0.39 is 11.3 Å². The maximum Gasteiger partial charge on any atom is 0.239 e. The van der Waals surface area contributed by atoms with Crippen LogP contribution in [0.15, 0.2) is 42.5 Å². The molecule has 0 unspecified atom stereocenters. The van der Waals surface area contributed by atoms with Crippen molar-refractivity contribution in [1.82, 2.24) is 0 Å². The van der Waals surface area contributed by atoms with Gasteiger partial charge in [0.1, 0.15) is 11.2 Å². The number of nitrogens with one attached hydrogen (secondary N) is 2. The molecule has 5 nitrogen and oxygen atoms in total. The molecule has 0 radical (unpaired) electrons. The highest BCUT2D eigenvalue weighted by atomic mass is 16.5. The quantitative estimate of drug-likeness (QED) is 0.765. The van der Waals surface area contributed by atoms with Crippen LogP contribution in [0.1, 0.15) is 31.9 Å². The first-order chi connectivity index (χ1) is 12.3. The van der Waals surface area contributed by atoms with Gasteiger partial charge in [-0.3, -0.25) is 9.59 Å². The molecule has 138 valence electrons. The van der Waals surface area contributed by atoms with E-state index in [-0.39, 0.29) is 5.91 Å². The number of aryl methyl sites for hydroxylation is 2. The zero-order valence-corrected chi connectivity index (χ0v) is 16.0. The summed E-state index contributed by atoms with van der Waals surface area (Å²) in [6.07, 6.45) is 0.931. The Morgan fingerprint density at radius 1 is 1.00 bits per heavy atom. The molecule has 0 fully saturated rings. The molecule has 5 heteroatoms. The van der Waals surface area contributed by atoms with E-state index in [1.807, 2.05) is 43.3 Å². The van der Waals surface area contributed by atoms with Crippen LogP contribution >= 0.6 is 0 Å². The Balaban J connectivity index is 2.13. The zero-order valence-electron chi connectivity index (χ0n) is 16.0. The van der Waals surface area contributed by atoms with Crippen molar-refractivity contribution < 1.29 is 14.3 Å². The Bertz CT molecular complexity index is 795. The topological polar surface area (TPSA) is 67.4 Å². The van der Waals surface area contributed by atoms with Crippen molar-refractivity contribution >= 4 is 23.2 Å². The van der Waals surface area contributed by atoms with Gasteiger partial charge in [-0.1, -0.05) is 25.1 Å². The molecule has 0 heterocycles. The van der Waals surface area contributed by atoms with Gasteiger partial charge in [0.2, 0.25) is 11.8 Å². The van der Waals surface area contributed by atoms with Crippen molar-refractivity contribution in [3.05, 3.63) is 53.6 Å². The predicted octanol–water partition coefficient (Wildman–Crippen LogP) is 4.17. The Morgan fingerprint density at radius 3 is 2.19 bits per heavy atom. The first-order valence-corrected chi connectivity index (χ1v) is 8.64. The number of hydrogen-bond acceptors (Lipinski definition) is 3. The predicted molar refractivity (Wildman–Crippen MR) is 105 cm³/mol. The van der Waals surface area contributed by atoms with Gasteiger partial charge in [-0.05, 0) is 62.6 Å². The van der Waals surface area contributed by atoms with Crippen LogP contribution in [0.4, 0.5) is 11.4 Å². The second kappa shape index (κ2) is 8.04. The number of amides is 2. The number of carbonyl (C=O) groups excluding carboxylic acids is 2. The molecule has 2 amide bonds. The molecule has 26 heavy (non-hydrogen) atoms. The monoisotopic (exact) mass is 354 g/mol. The fourth-order valence-corrected chi connectivity index (χ4v) is 2.41. The summed E-state index contributed by atoms with van der Waals surface area (Å²) in [5, 5.41) is 5.61. The average molecular weight is 354 g/mol. The number of carbonyl (C=O) groups is 2. The van der Waals surface area contributed by atoms with Gasteiger partial charge in [0.05, 0.1) is 12.8 Å². The van der Waals surface area contributed by atoms with Crippen LogP contribution in [-0.2, 0) is 16.0 Å². The van der Waals surface area contributed by atoms with Crippen LogP contribution in [0.2, 0.25) is 0 Å². The molecule has 2 N–H and O–H groups in total. The van der Waals surface area contributed by atoms with Crippen LogP contribution < -0.4 is 15.4 Å². The van der Waals surface area contributed by atoms with Crippen LogP contribution in [0.25, 0.3) is 0 Å². The number of hydrogen-bond donors (Lipinski definition) is 2. The van der Waals surface area contributed by atoms with E-state index in [0.29, 0.717) is 17.1 Å². The minimum Gasteiger partial charge on any atom is -0.495 e. The lowest BCUT2D eigenvalue weighted by Crippen LogP contribution is -2.41. The Kier molecular flexibility index (Phi) is 6.03. The van der Waals surface area contributed by atoms with Crippen LogP contribution in [0.5, 0.6) is 5.75 Å². The summed E-state index contributed by atoms with van der Waals surface area (Å²) in [4.78, 5) is 25.4. The average Bonchev–Trinajstić information content (AvgIpc) is 2.62. The van der Waals surface area contributed by atoms with Gasteiger partial charge in [0, 0.05) is 5.69 Å². The minimum atomic E-state index is -1.25. The molecule has 2 aromatic rings. The maximum absolute atomic E-state index is 12.7. The summed E-state index contributed by atoms with van der Waals surface area (Å²) in [6, 6.07) is 13.1. The van der Waals surface area contributed by atoms with Crippen molar-refractivity contribution in [2.45, 2.75) is 34.1 Å². The Morgan fingerprint density at radius 2 is 1.62 bits per heavy atom. The summed E-state index contributed by atoms with van der Waals surface area (Å²) in [7, 11) is 1.54. The van der Waals surface area contributed by atoms with Gasteiger partial charge in [0.25, 0.3) is 0 Å². The van der Waals surface area contributed by atoms with Crippen molar-refractivity contribution in [3.8, 4) is 5.75 Å². The van der Waals surface area contributed by atoms with E-state index >= 15 is 0 Å². The third kappa shape index (κ3) is 4.42. The fourth-order valence-electron chi connectivity index (χ4n) is 2.41. The second-order valence-corrected chi connectivity index (χ2v) is 6.79. The Labute approximate surface area is 154 Å². The molecule has 2 rings (SSSR count). The maximum atomic E-state index is 12.7. The fraction of sp³-hybridized carbons (Fsp3) is 0.333. The van der Waals surface area contributed by atoms with E-state index in [1.165, 1.54) is 12.7 Å². The molecular weight excluding hydrogens is 328 g/mol. The smallest absolute Gasteiger partial charge is 0.239 e. The lowest BCUT2D eigenvalue weighted by Gasteiger charge is -2.23. The lowest BCUT2D eigenvalue weighted by atomic mass is 9.90. The first kappa shape index (κ1) is 19.5. The molecular formula is C21H26N2O3. The number of benzene rings is 2. The highest BCUT2D eigenvalue weighted by Crippen LogP contribution is 2.28. The minimum absolute atomic E-state index is 0.370. The largest absolute Gasteiger partial charge is 0.495 e. The molecule has 0 saturated heterocycles. The van der Waals surface area contributed by atoms with E-state index in [4.69, 9.17) is 4.74 Å². The summed E-state index contributed by atoms with van der Waals surface area (Å²) in [5.41, 5.74) is 2.14. The van der Waals surface area contributed by atoms with Gasteiger partial charge >= 0.3 is 0 Å². The number of anilines is 2. The third-order valence-electron chi connectivity index (χ3n) is 4.36. The zero-order chi connectivity index (χ0) is 19.3. The molecule has 0 aliphatic rings. The molecule has 0 saturated carbocycles. The summed E-state index contributed by atoms with van der Waals surface area (Å²) in [6.45, 7) is 7.19. The summed E-state index contributed by atoms with van der Waals surface area (Å²) < 4.78 is 5.28. The molecule has 2 aromatic carbocycles. The summed E-state index contributed by atoms with van der Waals surface area (Å²) in [5.74, 6) is -0.217. The SMILES string of the molecule is CCc1ccc(NC(=O)C(C)(C)C(=O)Nc2cc(C)ccc2OC)cc1. The van der Waals surface area contributed by atoms with Crippen LogP contribution in [0.3, 0.4) is 0 Å². The van der Waals surface area contributed by atoms with Crippen LogP contribution in [-0.4, -0.2) is 18.9 Å². The van der Waals surface area contributed by atoms with Crippen molar-refractivity contribution in [2.24, 2.45) is 5.41 Å². The molecule has 0 aliphatic carbocycles. The highest BCUT2D eigenvalue weighted by molar-refractivity contribution is 6.14. The van der Waals surface area contributed by atoms with Gasteiger partial charge in [-0.25, -0.2) is 0 Å². The standard InChI is InChI=1S/C21H26N2O3/c1-6-15-8-10-16(11-9-15)22-19(24)21(3,4)20(25)23-17-13-14(2)7-12-18(17)26-5/h7-13H,6H2,1-5H3,(H,22,24)(H,23,25). The molecule has 0 bridgehead atoms. The second-order valence-electron chi connectivity index (χ2n) is 6.79. The van der Waals surface area contributed by atoms with Crippen LogP contribution in [0, 0.1) is 12.3 Å². The van der Waals surface area contributed by atoms with E-state index in [1.54, 1.807) is 19.9 Å². The van der Waals surface area contributed by atoms with Crippen molar-refractivity contribution in [1.29, 1.82) is 0 Å². The van der Waals surface area contributed by atoms with E-state index in [9.17, 15) is 9.59 Å². The number of methoxy groups -OCH3 is 1. The van der Waals surface area contributed by atoms with Gasteiger partial charge in [-0.15, -0.1) is 0 Å². The first-order valence-electron chi connectivity index (χ1n) is 8.64. The van der Waals surface area contributed by atoms with E-state index in [0.717, 1.165) is 12.0 Å². The number of rotatable bonds is 6. The van der Waals surface area contributed by atoms with Crippen molar-refractivity contribution in [2.75, 3.05) is 17.7 Å². The molecule has 0 atom stereocenters. The lowest BCUT2D eigenvalue weighted by molar-refractivity contribution is -0.135. The normalized spacial score (nSPS) is 11.0. The van der Waals surface area contributed by atoms with Gasteiger partial charge < -0.3 is 15.4 Å². The molecule has 0 aromatic heterocycles. The summed E-state index contributed by atoms with van der Waals surface area (Å²) >= 11 is 0. The Hall–Kier alpha value is -2.82. The van der Waals surface area contributed by atoms with Gasteiger partial charge in [-0.2, -0.15) is 0 Å². The molecule has 0 aliphatic heterocycles. The highest BCUT2D eigenvalue weighted by Gasteiger charge is 2.36. The van der Waals surface area contributed by atoms with Gasteiger partial charge in [0.15, 0.2) is 0 Å². The third-order valence-corrected chi connectivity index (χ3v) is 4.36.